The molecule has 0 aliphatic carbocycles. The van der Waals surface area contributed by atoms with Crippen LogP contribution < -0.4 is 0 Å². The Morgan fingerprint density at radius 2 is 1.85 bits per heavy atom. The van der Waals surface area contributed by atoms with Gasteiger partial charge in [0.2, 0.25) is 0 Å². The molecule has 0 aliphatic heterocycles. The Kier molecular flexibility index (Phi) is 6.88. The molecule has 0 radical (unpaired) electrons. The average Bonchev–Trinajstić information content (AvgIpc) is 3.10. The summed E-state index contributed by atoms with van der Waals surface area (Å²) >= 11 is 7.63. The van der Waals surface area contributed by atoms with Gasteiger partial charge in [0.15, 0.2) is 11.0 Å². The minimum Gasteiger partial charge on any atom is -0.385 e. The van der Waals surface area contributed by atoms with Crippen LogP contribution in [0.15, 0.2) is 53.7 Å². The highest BCUT2D eigenvalue weighted by Crippen LogP contribution is 2.27. The van der Waals surface area contributed by atoms with Crippen molar-refractivity contribution in [3.8, 4) is 17.5 Å². The third kappa shape index (κ3) is 5.10. The van der Waals surface area contributed by atoms with Crippen LogP contribution in [0.2, 0.25) is 5.02 Å². The van der Waals surface area contributed by atoms with E-state index < -0.39 is 0 Å². The van der Waals surface area contributed by atoms with E-state index in [0.717, 1.165) is 40.8 Å². The molecular weight excluding hydrogens is 380 g/mol. The monoisotopic (exact) mass is 398 g/mol. The Morgan fingerprint density at radius 1 is 1.11 bits per heavy atom. The first-order valence-corrected chi connectivity index (χ1v) is 9.87. The molecule has 0 N–H and O–H groups in total. The number of halogens is 1. The van der Waals surface area contributed by atoms with Crippen molar-refractivity contribution in [2.45, 2.75) is 23.9 Å². The summed E-state index contributed by atoms with van der Waals surface area (Å²) in [6.07, 6.45) is 0.875. The van der Waals surface area contributed by atoms with Crippen LogP contribution in [0.5, 0.6) is 0 Å². The third-order valence-corrected chi connectivity index (χ3v) is 5.29. The lowest BCUT2D eigenvalue weighted by molar-refractivity contribution is 0.189. The molecule has 5 nitrogen and oxygen atoms in total. The molecule has 0 aliphatic rings. The first-order valence-electron chi connectivity index (χ1n) is 8.51. The van der Waals surface area contributed by atoms with Crippen molar-refractivity contribution >= 4 is 23.4 Å². The van der Waals surface area contributed by atoms with E-state index in [1.54, 1.807) is 18.9 Å². The van der Waals surface area contributed by atoms with Gasteiger partial charge >= 0.3 is 0 Å². The molecule has 0 atom stereocenters. The summed E-state index contributed by atoms with van der Waals surface area (Å²) in [5, 5.41) is 19.3. The van der Waals surface area contributed by atoms with Crippen molar-refractivity contribution < 1.29 is 4.74 Å². The number of hydrogen-bond acceptors (Lipinski definition) is 5. The average molecular weight is 399 g/mol. The highest BCUT2D eigenvalue weighted by Gasteiger charge is 2.14. The van der Waals surface area contributed by atoms with Crippen molar-refractivity contribution in [2.24, 2.45) is 0 Å². The number of rotatable bonds is 8. The molecule has 3 aromatic rings. The van der Waals surface area contributed by atoms with Gasteiger partial charge in [-0.3, -0.25) is 0 Å². The van der Waals surface area contributed by atoms with Crippen molar-refractivity contribution in [3.05, 3.63) is 64.7 Å². The fourth-order valence-corrected chi connectivity index (χ4v) is 3.65. The summed E-state index contributed by atoms with van der Waals surface area (Å²) in [5.41, 5.74) is 2.78. The molecule has 0 saturated carbocycles. The minimum absolute atomic E-state index is 0.663. The molecule has 7 heteroatoms. The van der Waals surface area contributed by atoms with Crippen molar-refractivity contribution in [3.63, 3.8) is 0 Å². The molecule has 0 unspecified atom stereocenters. The fraction of sp³-hybridized carbons (Fsp3) is 0.250. The van der Waals surface area contributed by atoms with Gasteiger partial charge in [-0.25, -0.2) is 0 Å². The number of nitrogens with zero attached hydrogens (tertiary/aromatic N) is 4. The minimum atomic E-state index is 0.663. The second-order valence-electron chi connectivity index (χ2n) is 5.91. The Bertz CT molecular complexity index is 917. The second-order valence-corrected chi connectivity index (χ2v) is 7.29. The van der Waals surface area contributed by atoms with Crippen molar-refractivity contribution in [1.29, 1.82) is 5.26 Å². The normalized spacial score (nSPS) is 10.7. The van der Waals surface area contributed by atoms with Crippen LogP contribution in [0.1, 0.15) is 17.5 Å². The zero-order chi connectivity index (χ0) is 19.1. The third-order valence-electron chi connectivity index (χ3n) is 4.00. The number of thioether (sulfide) groups is 1. The fourth-order valence-electron chi connectivity index (χ4n) is 2.60. The predicted molar refractivity (Wildman–Crippen MR) is 108 cm³/mol. The summed E-state index contributed by atoms with van der Waals surface area (Å²) in [7, 11) is 1.70. The summed E-state index contributed by atoms with van der Waals surface area (Å²) in [6.45, 7) is 1.45. The quantitative estimate of drug-likeness (QED) is 0.403. The van der Waals surface area contributed by atoms with Crippen LogP contribution in [0.3, 0.4) is 0 Å². The Morgan fingerprint density at radius 3 is 2.52 bits per heavy atom. The van der Waals surface area contributed by atoms with E-state index in [2.05, 4.69) is 20.8 Å². The maximum absolute atomic E-state index is 8.91. The molecule has 1 aromatic heterocycles. The first kappa shape index (κ1) is 19.4. The summed E-state index contributed by atoms with van der Waals surface area (Å²) in [6, 6.07) is 17.4. The standard InChI is InChI=1S/C20H19ClN4OS/c1-26-12-2-11-25-19(17-7-9-18(21)10-8-17)23-24-20(25)27-14-16-5-3-15(13-22)4-6-16/h3-10H,2,11-12,14H2,1H3. The van der Waals surface area contributed by atoms with Crippen LogP contribution in [0, 0.1) is 11.3 Å². The maximum atomic E-state index is 8.91. The smallest absolute Gasteiger partial charge is 0.191 e. The maximum Gasteiger partial charge on any atom is 0.191 e. The summed E-state index contributed by atoms with van der Waals surface area (Å²) < 4.78 is 7.31. The van der Waals surface area contributed by atoms with E-state index in [-0.39, 0.29) is 0 Å². The van der Waals surface area contributed by atoms with Gasteiger partial charge in [-0.05, 0) is 48.4 Å². The lowest BCUT2D eigenvalue weighted by Gasteiger charge is -2.10. The lowest BCUT2D eigenvalue weighted by Crippen LogP contribution is -2.05. The van der Waals surface area contributed by atoms with Gasteiger partial charge in [0.05, 0.1) is 11.6 Å². The number of hydrogen-bond donors (Lipinski definition) is 0. The van der Waals surface area contributed by atoms with Crippen LogP contribution in [-0.2, 0) is 17.0 Å². The number of methoxy groups -OCH3 is 1. The van der Waals surface area contributed by atoms with E-state index in [4.69, 9.17) is 21.6 Å². The highest BCUT2D eigenvalue weighted by molar-refractivity contribution is 7.98. The number of nitriles is 1. The van der Waals surface area contributed by atoms with Gasteiger partial charge in [0.1, 0.15) is 0 Å². The van der Waals surface area contributed by atoms with Gasteiger partial charge in [0, 0.05) is 36.6 Å². The Labute approximate surface area is 167 Å². The van der Waals surface area contributed by atoms with Gasteiger partial charge < -0.3 is 9.30 Å². The van der Waals surface area contributed by atoms with Crippen molar-refractivity contribution in [1.82, 2.24) is 14.8 Å². The largest absolute Gasteiger partial charge is 0.385 e. The lowest BCUT2D eigenvalue weighted by atomic mass is 10.2. The Balaban J connectivity index is 1.80. The van der Waals surface area contributed by atoms with Crippen molar-refractivity contribution in [2.75, 3.05) is 13.7 Å². The topological polar surface area (TPSA) is 63.7 Å². The molecule has 3 rings (SSSR count). The highest BCUT2D eigenvalue weighted by atomic mass is 35.5. The Hall–Kier alpha value is -2.33. The molecule has 1 heterocycles. The molecule has 0 bridgehead atoms. The molecular formula is C20H19ClN4OS. The first-order chi connectivity index (χ1) is 13.2. The molecule has 138 valence electrons. The number of aromatic nitrogens is 3. The number of ether oxygens (including phenoxy) is 1. The second kappa shape index (κ2) is 9.56. The molecule has 27 heavy (non-hydrogen) atoms. The molecule has 0 fully saturated rings. The van der Waals surface area contributed by atoms with Gasteiger partial charge in [-0.2, -0.15) is 5.26 Å². The van der Waals surface area contributed by atoms with E-state index in [1.165, 1.54) is 0 Å². The molecule has 0 saturated heterocycles. The van der Waals surface area contributed by atoms with Gasteiger partial charge in [-0.1, -0.05) is 35.5 Å². The number of benzene rings is 2. The van der Waals surface area contributed by atoms with Gasteiger partial charge in [0.25, 0.3) is 0 Å². The molecule has 2 aromatic carbocycles. The zero-order valence-electron chi connectivity index (χ0n) is 14.9. The van der Waals surface area contributed by atoms with E-state index >= 15 is 0 Å². The molecule has 0 spiro atoms. The van der Waals surface area contributed by atoms with E-state index in [1.807, 2.05) is 48.5 Å². The van der Waals surface area contributed by atoms with Crippen LogP contribution in [0.25, 0.3) is 11.4 Å². The summed E-state index contributed by atoms with van der Waals surface area (Å²) in [5.74, 6) is 1.58. The van der Waals surface area contributed by atoms with E-state index in [9.17, 15) is 0 Å². The van der Waals surface area contributed by atoms with Crippen LogP contribution in [-0.4, -0.2) is 28.5 Å². The SMILES string of the molecule is COCCCn1c(SCc2ccc(C#N)cc2)nnc1-c1ccc(Cl)cc1. The summed E-state index contributed by atoms with van der Waals surface area (Å²) in [4.78, 5) is 0. The van der Waals surface area contributed by atoms with Gasteiger partial charge in [-0.15, -0.1) is 10.2 Å². The molecule has 0 amide bonds. The van der Waals surface area contributed by atoms with Crippen LogP contribution >= 0.6 is 23.4 Å². The van der Waals surface area contributed by atoms with E-state index in [0.29, 0.717) is 17.2 Å². The zero-order valence-corrected chi connectivity index (χ0v) is 16.5. The predicted octanol–water partition coefficient (Wildman–Crippen LogP) is 4.80. The van der Waals surface area contributed by atoms with Crippen LogP contribution in [0.4, 0.5) is 0 Å².